The molecule has 24 heavy (non-hydrogen) atoms. The van der Waals surface area contributed by atoms with E-state index in [4.69, 9.17) is 43.0 Å². The predicted octanol–water partition coefficient (Wildman–Crippen LogP) is -7.79. The molecule has 0 spiro atoms. The van der Waals surface area contributed by atoms with Crippen molar-refractivity contribution in [1.29, 1.82) is 0 Å². The topological polar surface area (TPSA) is 236 Å². The smallest absolute Gasteiger partial charge is 0.397 e. The fourth-order valence-corrected chi connectivity index (χ4v) is 1.13. The number of nitrogens with two attached hydrogens (primary N) is 1. The Labute approximate surface area is 150 Å². The minimum absolute atomic E-state index is 0. The summed E-state index contributed by atoms with van der Waals surface area (Å²) in [5.74, 6) is 0. The number of pyridine rings is 2. The van der Waals surface area contributed by atoms with E-state index in [0.29, 0.717) is 5.69 Å². The normalized spacial score (nSPS) is 10.3. The second-order valence-electron chi connectivity index (χ2n) is 3.41. The van der Waals surface area contributed by atoms with Gasteiger partial charge in [-0.05, 0) is 24.3 Å². The van der Waals surface area contributed by atoms with Crippen LogP contribution in [0.2, 0.25) is 0 Å². The van der Waals surface area contributed by atoms with Crippen molar-refractivity contribution in [2.75, 3.05) is 5.73 Å². The van der Waals surface area contributed by atoms with Crippen LogP contribution in [0.15, 0.2) is 42.7 Å². The average molecular weight is 434 g/mol. The predicted molar refractivity (Wildman–Crippen MR) is 51.9 cm³/mol. The van der Waals surface area contributed by atoms with Gasteiger partial charge in [-0.3, -0.25) is 9.97 Å². The molecule has 2 rings (SSSR count). The van der Waals surface area contributed by atoms with Crippen LogP contribution in [0.3, 0.4) is 0 Å². The molecule has 0 aromatic carbocycles. The molecule has 0 amide bonds. The largest absolute Gasteiger partial charge is 2.00 e. The van der Waals surface area contributed by atoms with Crippen LogP contribution in [0.5, 0.6) is 0 Å². The van der Waals surface area contributed by atoms with Crippen LogP contribution in [0.1, 0.15) is 0 Å². The van der Waals surface area contributed by atoms with E-state index in [1.54, 1.807) is 12.4 Å². The van der Waals surface area contributed by atoms with Gasteiger partial charge in [0.05, 0.1) is 11.4 Å². The SMILES string of the molecule is Nc1cccnc1-c1ccccn1.[Cu+2].[O-][Cl+3]([O-])([O-])[O-].[O-][Cl+3]([O-])([O-])[O-]. The molecule has 0 unspecified atom stereocenters. The van der Waals surface area contributed by atoms with Crippen LogP contribution in [-0.4, -0.2) is 9.97 Å². The number of anilines is 1. The Hall–Kier alpha value is -1.12. The molecule has 137 valence electrons. The molecular weight excluding hydrogens is 425 g/mol. The van der Waals surface area contributed by atoms with Gasteiger partial charge in [0.1, 0.15) is 5.69 Å². The van der Waals surface area contributed by atoms with E-state index in [0.717, 1.165) is 11.4 Å². The van der Waals surface area contributed by atoms with E-state index in [-0.39, 0.29) is 17.1 Å². The summed E-state index contributed by atoms with van der Waals surface area (Å²) >= 11 is 0. The zero-order valence-corrected chi connectivity index (χ0v) is 13.8. The van der Waals surface area contributed by atoms with E-state index in [1.807, 2.05) is 30.3 Å². The molecule has 0 atom stereocenters. The second-order valence-corrected chi connectivity index (χ2v) is 4.92. The molecule has 2 aromatic heterocycles. The Morgan fingerprint density at radius 2 is 1.17 bits per heavy atom. The van der Waals surface area contributed by atoms with Gasteiger partial charge in [-0.1, -0.05) is 6.07 Å². The number of hydrogen-bond acceptors (Lipinski definition) is 11. The summed E-state index contributed by atoms with van der Waals surface area (Å²) in [6, 6.07) is 9.29. The van der Waals surface area contributed by atoms with Gasteiger partial charge < -0.3 is 5.73 Å². The van der Waals surface area contributed by atoms with Gasteiger partial charge >= 0.3 is 17.1 Å². The summed E-state index contributed by atoms with van der Waals surface area (Å²) in [7, 11) is -9.89. The Morgan fingerprint density at radius 1 is 0.708 bits per heavy atom. The minimum atomic E-state index is -4.94. The number of nitrogen functional groups attached to an aromatic ring is 1. The van der Waals surface area contributed by atoms with Crippen LogP contribution in [-0.2, 0) is 17.1 Å². The van der Waals surface area contributed by atoms with Gasteiger partial charge in [0.25, 0.3) is 0 Å². The molecule has 14 heteroatoms. The Morgan fingerprint density at radius 3 is 1.54 bits per heavy atom. The van der Waals surface area contributed by atoms with Crippen molar-refractivity contribution >= 4 is 5.69 Å². The van der Waals surface area contributed by atoms with E-state index in [9.17, 15) is 0 Å². The number of rotatable bonds is 1. The fraction of sp³-hybridized carbons (Fsp3) is 0. The standard InChI is InChI=1S/C10H9N3.2ClHO4.Cu/c11-8-4-3-7-13-10(8)9-5-1-2-6-12-9;2*2-1(3,4)5;/h1-7H,11H2;2*(H,2,3,4,5);/q;;;+2/p-2. The van der Waals surface area contributed by atoms with E-state index < -0.39 is 20.5 Å². The number of nitrogens with zero attached hydrogens (tertiary/aromatic N) is 2. The first kappa shape index (κ1) is 25.1. The summed E-state index contributed by atoms with van der Waals surface area (Å²) in [5.41, 5.74) is 7.95. The minimum Gasteiger partial charge on any atom is -0.397 e. The van der Waals surface area contributed by atoms with Crippen molar-refractivity contribution in [2.45, 2.75) is 0 Å². The Balaban J connectivity index is 0. The van der Waals surface area contributed by atoms with Gasteiger partial charge in [0.15, 0.2) is 0 Å². The van der Waals surface area contributed by atoms with Gasteiger partial charge in [-0.25, -0.2) is 37.3 Å². The summed E-state index contributed by atoms with van der Waals surface area (Å²) in [5, 5.41) is 0. The summed E-state index contributed by atoms with van der Waals surface area (Å²) in [6.45, 7) is 0. The number of hydrogen-bond donors (Lipinski definition) is 1. The third kappa shape index (κ3) is 17.2. The third-order valence-electron chi connectivity index (χ3n) is 1.75. The monoisotopic (exact) mass is 432 g/mol. The molecule has 0 aliphatic heterocycles. The maximum Gasteiger partial charge on any atom is 2.00 e. The van der Waals surface area contributed by atoms with E-state index in [1.165, 1.54) is 0 Å². The maximum absolute atomic E-state index is 8.49. The molecule has 0 bridgehead atoms. The summed E-state index contributed by atoms with van der Waals surface area (Å²) in [4.78, 5) is 8.33. The molecule has 0 aliphatic rings. The third-order valence-corrected chi connectivity index (χ3v) is 1.75. The van der Waals surface area contributed by atoms with Crippen molar-refractivity contribution in [2.24, 2.45) is 0 Å². The van der Waals surface area contributed by atoms with Crippen molar-refractivity contribution < 1.29 is 74.8 Å². The number of halogens is 2. The van der Waals surface area contributed by atoms with Crippen molar-refractivity contribution in [3.05, 3.63) is 42.7 Å². The Bertz CT molecular complexity index is 558. The van der Waals surface area contributed by atoms with Crippen molar-refractivity contribution in [3.8, 4) is 11.4 Å². The van der Waals surface area contributed by atoms with Gasteiger partial charge in [0, 0.05) is 12.4 Å². The number of aromatic nitrogens is 2. The van der Waals surface area contributed by atoms with Crippen LogP contribution in [0.25, 0.3) is 11.4 Å². The zero-order valence-electron chi connectivity index (χ0n) is 11.3. The zero-order chi connectivity index (χ0) is 18.1. The molecule has 2 aromatic rings. The van der Waals surface area contributed by atoms with E-state index in [2.05, 4.69) is 9.97 Å². The van der Waals surface area contributed by atoms with Crippen molar-refractivity contribution in [1.82, 2.24) is 9.97 Å². The first-order chi connectivity index (χ1) is 10.4. The maximum atomic E-state index is 8.49. The van der Waals surface area contributed by atoms with Crippen LogP contribution >= 0.6 is 0 Å². The summed E-state index contributed by atoms with van der Waals surface area (Å²) in [6.07, 6.45) is 3.43. The molecule has 0 fully saturated rings. The average Bonchev–Trinajstić information content (AvgIpc) is 2.36. The van der Waals surface area contributed by atoms with Crippen LogP contribution in [0, 0.1) is 20.5 Å². The molecule has 2 heterocycles. The molecule has 0 saturated heterocycles. The summed E-state index contributed by atoms with van der Waals surface area (Å²) < 4.78 is 67.9. The first-order valence-electron chi connectivity index (χ1n) is 5.23. The van der Waals surface area contributed by atoms with Crippen molar-refractivity contribution in [3.63, 3.8) is 0 Å². The first-order valence-corrected chi connectivity index (χ1v) is 7.70. The molecule has 0 saturated carbocycles. The molecule has 0 aliphatic carbocycles. The molecular formula is C10H9Cl2CuN3O8. The molecule has 11 nitrogen and oxygen atoms in total. The second kappa shape index (κ2) is 11.4. The van der Waals surface area contributed by atoms with E-state index >= 15 is 0 Å². The molecule has 1 radical (unpaired) electrons. The quantitative estimate of drug-likeness (QED) is 0.414. The van der Waals surface area contributed by atoms with Gasteiger partial charge in [0.2, 0.25) is 0 Å². The van der Waals surface area contributed by atoms with Gasteiger partial charge in [-0.15, -0.1) is 20.5 Å². The van der Waals surface area contributed by atoms with Gasteiger partial charge in [-0.2, -0.15) is 0 Å². The molecule has 2 N–H and O–H groups in total. The Kier molecular flexibility index (Phi) is 12.0. The fourth-order valence-electron chi connectivity index (χ4n) is 1.13. The van der Waals surface area contributed by atoms with Crippen LogP contribution in [0.4, 0.5) is 5.69 Å². The van der Waals surface area contributed by atoms with Crippen LogP contribution < -0.4 is 43.0 Å².